The monoisotopic (exact) mass is 540 g/mol. The fourth-order valence-corrected chi connectivity index (χ4v) is 5.55. The molecule has 0 spiro atoms. The number of aromatic nitrogens is 2. The van der Waals surface area contributed by atoms with Gasteiger partial charge in [-0.2, -0.15) is 9.97 Å². The van der Waals surface area contributed by atoms with E-state index in [9.17, 15) is 8.78 Å². The van der Waals surface area contributed by atoms with Crippen LogP contribution >= 0.6 is 0 Å². The number of anilines is 2. The summed E-state index contributed by atoms with van der Waals surface area (Å²) in [5.74, 6) is -1.49. The van der Waals surface area contributed by atoms with Gasteiger partial charge in [-0.15, -0.1) is 0 Å². The smallest absolute Gasteiger partial charge is 0.318 e. The number of rotatable bonds is 4. The molecule has 2 saturated heterocycles. The molecule has 1 aromatic heterocycles. The van der Waals surface area contributed by atoms with Crippen molar-refractivity contribution in [3.63, 3.8) is 0 Å². The Kier molecular flexibility index (Phi) is 8.32. The Morgan fingerprint density at radius 2 is 1.74 bits per heavy atom. The first-order valence-electron chi connectivity index (χ1n) is 13.6. The zero-order valence-electron chi connectivity index (χ0n) is 23.1. The van der Waals surface area contributed by atoms with Crippen LogP contribution in [-0.2, 0) is 13.0 Å². The number of nitrogens with zero attached hydrogens (tertiary/aromatic N) is 5. The van der Waals surface area contributed by atoms with E-state index in [0.717, 1.165) is 40.0 Å². The zero-order chi connectivity index (χ0) is 27.4. The lowest BCUT2D eigenvalue weighted by molar-refractivity contribution is 0.0155. The van der Waals surface area contributed by atoms with Crippen LogP contribution in [0, 0.1) is 0 Å². The molecule has 210 valence electrons. The summed E-state index contributed by atoms with van der Waals surface area (Å²) < 4.78 is 39.5. The lowest BCUT2D eigenvalue weighted by Crippen LogP contribution is -2.40. The molecule has 0 unspecified atom stereocenters. The van der Waals surface area contributed by atoms with E-state index in [2.05, 4.69) is 44.3 Å². The molecule has 4 heterocycles. The van der Waals surface area contributed by atoms with Gasteiger partial charge in [0.2, 0.25) is 0 Å². The van der Waals surface area contributed by atoms with Gasteiger partial charge in [-0.05, 0) is 50.9 Å². The minimum absolute atomic E-state index is 0.196. The summed E-state index contributed by atoms with van der Waals surface area (Å²) in [5, 5.41) is 5.04. The molecule has 10 heteroatoms. The van der Waals surface area contributed by atoms with Crippen molar-refractivity contribution in [1.82, 2.24) is 20.2 Å². The highest BCUT2D eigenvalue weighted by atomic mass is 19.3. The standard InChI is InChI=1S/C24H27F2N5O2.C5H11N/c1-32-17-11-16-5-3-4-6-18(16)21(12-17)30-9-7-19-20(13-30)28-23(33-2)29-22(19)31-10-8-27-14-24(25,26)15-31;1-6-4-2-3-5-6/h3-6,11-12,27H,7-10,13-15H2,1-2H3;2-5H2,1H3. The van der Waals surface area contributed by atoms with Crippen LogP contribution in [0.15, 0.2) is 36.4 Å². The molecule has 2 fully saturated rings. The maximum atomic E-state index is 14.3. The van der Waals surface area contributed by atoms with Crippen LogP contribution in [0.5, 0.6) is 11.8 Å². The number of likely N-dealkylation sites (tertiary alicyclic amines) is 1. The summed E-state index contributed by atoms with van der Waals surface area (Å²) in [6.45, 7) is 4.10. The Bertz CT molecular complexity index is 1280. The van der Waals surface area contributed by atoms with Crippen molar-refractivity contribution in [2.75, 3.05) is 76.9 Å². The fourth-order valence-electron chi connectivity index (χ4n) is 5.55. The molecule has 0 atom stereocenters. The predicted octanol–water partition coefficient (Wildman–Crippen LogP) is 3.97. The van der Waals surface area contributed by atoms with Crippen molar-refractivity contribution in [2.45, 2.75) is 31.7 Å². The summed E-state index contributed by atoms with van der Waals surface area (Å²) in [4.78, 5) is 15.4. The van der Waals surface area contributed by atoms with Gasteiger partial charge in [-0.1, -0.05) is 24.3 Å². The van der Waals surface area contributed by atoms with Crippen LogP contribution in [0.4, 0.5) is 20.3 Å². The second-order valence-electron chi connectivity index (χ2n) is 10.5. The third kappa shape index (κ3) is 6.33. The molecule has 0 amide bonds. The molecule has 0 bridgehead atoms. The Labute approximate surface area is 228 Å². The Balaban J connectivity index is 0.000000455. The van der Waals surface area contributed by atoms with E-state index >= 15 is 0 Å². The summed E-state index contributed by atoms with van der Waals surface area (Å²) in [5.41, 5.74) is 2.77. The molecule has 0 saturated carbocycles. The van der Waals surface area contributed by atoms with Crippen LogP contribution in [0.2, 0.25) is 0 Å². The normalized spacial score (nSPS) is 19.2. The zero-order valence-corrected chi connectivity index (χ0v) is 23.1. The SMILES string of the molecule is CN1CCCC1.COc1cc(N2CCc3c(nc(OC)nc3N3CCNCC(F)(F)C3)C2)c2ccccc2c1. The van der Waals surface area contributed by atoms with Gasteiger partial charge in [-0.25, -0.2) is 8.78 Å². The number of alkyl halides is 2. The average Bonchev–Trinajstić information content (AvgIpc) is 3.36. The highest BCUT2D eigenvalue weighted by Crippen LogP contribution is 2.37. The van der Waals surface area contributed by atoms with Crippen molar-refractivity contribution in [2.24, 2.45) is 0 Å². The number of hydrogen-bond acceptors (Lipinski definition) is 8. The molecule has 0 aliphatic carbocycles. The molecule has 0 radical (unpaired) electrons. The van der Waals surface area contributed by atoms with Crippen LogP contribution in [0.1, 0.15) is 24.1 Å². The summed E-state index contributed by atoms with van der Waals surface area (Å²) >= 11 is 0. The number of ether oxygens (including phenoxy) is 2. The number of halogens is 2. The van der Waals surface area contributed by atoms with Gasteiger partial charge in [0.05, 0.1) is 39.5 Å². The number of nitrogens with one attached hydrogen (secondary N) is 1. The van der Waals surface area contributed by atoms with Gasteiger partial charge in [0.1, 0.15) is 11.6 Å². The molecule has 6 rings (SSSR count). The van der Waals surface area contributed by atoms with E-state index in [1.807, 2.05) is 24.3 Å². The van der Waals surface area contributed by atoms with Crippen LogP contribution < -0.4 is 24.6 Å². The Morgan fingerprint density at radius 3 is 2.46 bits per heavy atom. The summed E-state index contributed by atoms with van der Waals surface area (Å²) in [6, 6.07) is 12.4. The lowest BCUT2D eigenvalue weighted by Gasteiger charge is -2.34. The number of methoxy groups -OCH3 is 2. The summed E-state index contributed by atoms with van der Waals surface area (Å²) in [6.07, 6.45) is 3.47. The van der Waals surface area contributed by atoms with Gasteiger partial charge in [-0.3, -0.25) is 0 Å². The van der Waals surface area contributed by atoms with Crippen LogP contribution in [0.25, 0.3) is 10.8 Å². The van der Waals surface area contributed by atoms with E-state index in [1.165, 1.54) is 33.0 Å². The summed E-state index contributed by atoms with van der Waals surface area (Å²) in [7, 11) is 5.34. The molecule has 3 aromatic rings. The molecule has 2 aromatic carbocycles. The Hall–Kier alpha value is -3.24. The van der Waals surface area contributed by atoms with Crippen molar-refractivity contribution in [1.29, 1.82) is 0 Å². The van der Waals surface area contributed by atoms with Crippen LogP contribution in [0.3, 0.4) is 0 Å². The maximum Gasteiger partial charge on any atom is 0.318 e. The number of benzene rings is 2. The van der Waals surface area contributed by atoms with Crippen molar-refractivity contribution >= 4 is 22.3 Å². The molecule has 3 aliphatic heterocycles. The van der Waals surface area contributed by atoms with Crippen molar-refractivity contribution in [3.8, 4) is 11.8 Å². The van der Waals surface area contributed by atoms with Gasteiger partial charge < -0.3 is 29.5 Å². The van der Waals surface area contributed by atoms with Crippen molar-refractivity contribution < 1.29 is 18.3 Å². The Morgan fingerprint density at radius 1 is 0.949 bits per heavy atom. The molecule has 8 nitrogen and oxygen atoms in total. The number of hydrogen-bond donors (Lipinski definition) is 1. The second-order valence-corrected chi connectivity index (χ2v) is 10.5. The van der Waals surface area contributed by atoms with E-state index in [4.69, 9.17) is 9.47 Å². The van der Waals surface area contributed by atoms with Crippen LogP contribution in [-0.4, -0.2) is 87.9 Å². The molecule has 39 heavy (non-hydrogen) atoms. The second kappa shape index (κ2) is 11.9. The predicted molar refractivity (Wildman–Crippen MR) is 151 cm³/mol. The third-order valence-electron chi connectivity index (χ3n) is 7.59. The number of fused-ring (bicyclic) bond motifs is 2. The van der Waals surface area contributed by atoms with Gasteiger partial charge in [0.15, 0.2) is 0 Å². The van der Waals surface area contributed by atoms with E-state index in [1.54, 1.807) is 12.0 Å². The molecule has 1 N–H and O–H groups in total. The molecular formula is C29H38F2N6O2. The highest BCUT2D eigenvalue weighted by Gasteiger charge is 2.36. The largest absolute Gasteiger partial charge is 0.497 e. The van der Waals surface area contributed by atoms with Gasteiger partial charge >= 0.3 is 6.01 Å². The highest BCUT2D eigenvalue weighted by molar-refractivity contribution is 5.95. The first-order chi connectivity index (χ1) is 18.9. The molecule has 3 aliphatic rings. The van der Waals surface area contributed by atoms with E-state index in [-0.39, 0.29) is 19.1 Å². The molecular weight excluding hydrogens is 502 g/mol. The fraction of sp³-hybridized carbons (Fsp3) is 0.517. The van der Waals surface area contributed by atoms with E-state index in [0.29, 0.717) is 31.9 Å². The van der Waals surface area contributed by atoms with Gasteiger partial charge in [0, 0.05) is 42.3 Å². The average molecular weight is 541 g/mol. The van der Waals surface area contributed by atoms with E-state index < -0.39 is 5.92 Å². The maximum absolute atomic E-state index is 14.3. The quantitative estimate of drug-likeness (QED) is 0.534. The third-order valence-corrected chi connectivity index (χ3v) is 7.59. The van der Waals surface area contributed by atoms with Gasteiger partial charge in [0.25, 0.3) is 5.92 Å². The lowest BCUT2D eigenvalue weighted by atomic mass is 10.0. The first kappa shape index (κ1) is 27.3. The minimum atomic E-state index is -2.83. The van der Waals surface area contributed by atoms with Crippen molar-refractivity contribution in [3.05, 3.63) is 47.7 Å². The minimum Gasteiger partial charge on any atom is -0.497 e. The first-order valence-corrected chi connectivity index (χ1v) is 13.6. The topological polar surface area (TPSA) is 66.0 Å².